The van der Waals surface area contributed by atoms with Crippen LogP contribution in [0.15, 0.2) is 48.5 Å². The predicted octanol–water partition coefficient (Wildman–Crippen LogP) is 3.69. The summed E-state index contributed by atoms with van der Waals surface area (Å²) in [7, 11) is 0. The van der Waals surface area contributed by atoms with E-state index < -0.39 is 5.97 Å². The maximum absolute atomic E-state index is 11.1. The van der Waals surface area contributed by atoms with Gasteiger partial charge in [0.15, 0.2) is 0 Å². The monoisotopic (exact) mass is 381 g/mol. The number of aliphatic carboxylic acids is 1. The molecule has 1 N–H and O–H groups in total. The first kappa shape index (κ1) is 14.8. The summed E-state index contributed by atoms with van der Waals surface area (Å²) < 4.78 is 1.17. The lowest BCUT2D eigenvalue weighted by Crippen LogP contribution is -2.29. The van der Waals surface area contributed by atoms with E-state index in [9.17, 15) is 4.79 Å². The Morgan fingerprint density at radius 2 is 1.70 bits per heavy atom. The van der Waals surface area contributed by atoms with E-state index in [2.05, 4.69) is 22.6 Å². The van der Waals surface area contributed by atoms with E-state index in [-0.39, 0.29) is 6.54 Å². The number of rotatable bonds is 5. The number of halogens is 1. The molecule has 0 saturated carbocycles. The zero-order valence-electron chi connectivity index (χ0n) is 11.2. The van der Waals surface area contributed by atoms with Crippen LogP contribution in [-0.2, 0) is 11.3 Å². The Morgan fingerprint density at radius 1 is 1.10 bits per heavy atom. The van der Waals surface area contributed by atoms with E-state index in [4.69, 9.17) is 5.11 Å². The molecule has 0 saturated heterocycles. The number of benzene rings is 2. The van der Waals surface area contributed by atoms with Gasteiger partial charge in [-0.05, 0) is 59.3 Å². The van der Waals surface area contributed by atoms with Gasteiger partial charge in [0.05, 0.1) is 0 Å². The molecule has 0 aromatic heterocycles. The van der Waals surface area contributed by atoms with Crippen molar-refractivity contribution in [1.29, 1.82) is 0 Å². The fraction of sp³-hybridized carbons (Fsp3) is 0.188. The Labute approximate surface area is 132 Å². The third-order valence-electron chi connectivity index (χ3n) is 3.01. The summed E-state index contributed by atoms with van der Waals surface area (Å²) in [6.07, 6.45) is 0. The van der Waals surface area contributed by atoms with Crippen molar-refractivity contribution in [1.82, 2.24) is 0 Å². The molecular weight excluding hydrogens is 365 g/mol. The van der Waals surface area contributed by atoms with E-state index in [1.165, 1.54) is 9.13 Å². The van der Waals surface area contributed by atoms with Crippen molar-refractivity contribution >= 4 is 34.2 Å². The molecule has 0 atom stereocenters. The third-order valence-corrected chi connectivity index (χ3v) is 3.73. The summed E-state index contributed by atoms with van der Waals surface area (Å²) in [6.45, 7) is 2.60. The Bertz CT molecular complexity index is 578. The van der Waals surface area contributed by atoms with Crippen LogP contribution >= 0.6 is 22.6 Å². The summed E-state index contributed by atoms with van der Waals surface area (Å²) in [5, 5.41) is 9.08. The van der Waals surface area contributed by atoms with Crippen LogP contribution in [-0.4, -0.2) is 17.6 Å². The number of nitrogens with zero attached hydrogens (tertiary/aromatic N) is 1. The highest BCUT2D eigenvalue weighted by Gasteiger charge is 2.11. The highest BCUT2D eigenvalue weighted by Crippen LogP contribution is 2.18. The van der Waals surface area contributed by atoms with E-state index in [1.807, 2.05) is 60.4 Å². The van der Waals surface area contributed by atoms with Crippen molar-refractivity contribution in [3.63, 3.8) is 0 Å². The molecule has 0 spiro atoms. The molecule has 20 heavy (non-hydrogen) atoms. The second kappa shape index (κ2) is 6.74. The minimum absolute atomic E-state index is 0.00491. The number of anilines is 1. The molecule has 2 rings (SSSR count). The van der Waals surface area contributed by atoms with Gasteiger partial charge in [0.25, 0.3) is 0 Å². The van der Waals surface area contributed by atoms with Gasteiger partial charge in [-0.15, -0.1) is 0 Å². The minimum Gasteiger partial charge on any atom is -0.480 e. The number of hydrogen-bond donors (Lipinski definition) is 1. The van der Waals surface area contributed by atoms with Crippen molar-refractivity contribution in [2.24, 2.45) is 0 Å². The van der Waals surface area contributed by atoms with Crippen molar-refractivity contribution in [2.75, 3.05) is 11.4 Å². The lowest BCUT2D eigenvalue weighted by atomic mass is 10.1. The predicted molar refractivity (Wildman–Crippen MR) is 89.0 cm³/mol. The molecule has 0 radical (unpaired) electrons. The molecule has 0 aliphatic heterocycles. The van der Waals surface area contributed by atoms with Gasteiger partial charge >= 0.3 is 5.97 Å². The van der Waals surface area contributed by atoms with Gasteiger partial charge in [0.2, 0.25) is 0 Å². The van der Waals surface area contributed by atoms with Crippen LogP contribution in [0.3, 0.4) is 0 Å². The van der Waals surface area contributed by atoms with Gasteiger partial charge in [-0.25, -0.2) is 0 Å². The second-order valence-corrected chi connectivity index (χ2v) is 5.96. The van der Waals surface area contributed by atoms with E-state index in [1.54, 1.807) is 0 Å². The standard InChI is InChI=1S/C16H16INO2/c1-12-2-8-15(9-3-12)18(11-16(19)20)10-13-4-6-14(17)7-5-13/h2-9H,10-11H2,1H3,(H,19,20). The molecule has 0 aliphatic carbocycles. The highest BCUT2D eigenvalue weighted by molar-refractivity contribution is 14.1. The third kappa shape index (κ3) is 4.23. The van der Waals surface area contributed by atoms with Crippen molar-refractivity contribution in [3.05, 3.63) is 63.2 Å². The lowest BCUT2D eigenvalue weighted by Gasteiger charge is -2.23. The molecule has 2 aromatic rings. The molecule has 0 fully saturated rings. The smallest absolute Gasteiger partial charge is 0.323 e. The maximum atomic E-state index is 11.1. The van der Waals surface area contributed by atoms with Crippen molar-refractivity contribution in [2.45, 2.75) is 13.5 Å². The maximum Gasteiger partial charge on any atom is 0.323 e. The van der Waals surface area contributed by atoms with E-state index in [0.29, 0.717) is 6.54 Å². The van der Waals surface area contributed by atoms with Crippen LogP contribution in [0.1, 0.15) is 11.1 Å². The topological polar surface area (TPSA) is 40.5 Å². The summed E-state index contributed by atoms with van der Waals surface area (Å²) in [5.41, 5.74) is 3.20. The van der Waals surface area contributed by atoms with Crippen LogP contribution in [0.25, 0.3) is 0 Å². The van der Waals surface area contributed by atoms with Crippen LogP contribution < -0.4 is 4.90 Å². The normalized spacial score (nSPS) is 10.3. The van der Waals surface area contributed by atoms with E-state index in [0.717, 1.165) is 11.3 Å². The average Bonchev–Trinajstić information content (AvgIpc) is 2.41. The molecular formula is C16H16INO2. The minimum atomic E-state index is -0.823. The Balaban J connectivity index is 2.21. The zero-order chi connectivity index (χ0) is 14.5. The summed E-state index contributed by atoms with van der Waals surface area (Å²) in [5.74, 6) is -0.823. The molecule has 2 aromatic carbocycles. The van der Waals surface area contributed by atoms with Gasteiger partial charge in [-0.3, -0.25) is 4.79 Å². The van der Waals surface area contributed by atoms with Crippen molar-refractivity contribution < 1.29 is 9.90 Å². The number of carboxylic acids is 1. The first-order valence-electron chi connectivity index (χ1n) is 6.32. The van der Waals surface area contributed by atoms with Crippen LogP contribution in [0.2, 0.25) is 0 Å². The Morgan fingerprint density at radius 3 is 2.25 bits per heavy atom. The fourth-order valence-corrected chi connectivity index (χ4v) is 2.33. The molecule has 4 heteroatoms. The lowest BCUT2D eigenvalue weighted by molar-refractivity contribution is -0.135. The number of carbonyl (C=O) groups is 1. The van der Waals surface area contributed by atoms with E-state index >= 15 is 0 Å². The number of aryl methyl sites for hydroxylation is 1. The fourth-order valence-electron chi connectivity index (χ4n) is 1.97. The van der Waals surface area contributed by atoms with Crippen LogP contribution in [0, 0.1) is 10.5 Å². The molecule has 104 valence electrons. The summed E-state index contributed by atoms with van der Waals surface area (Å²) >= 11 is 2.26. The molecule has 0 aliphatic rings. The SMILES string of the molecule is Cc1ccc(N(CC(=O)O)Cc2ccc(I)cc2)cc1. The summed E-state index contributed by atoms with van der Waals surface area (Å²) in [6, 6.07) is 16.1. The number of carboxylic acid groups (broad SMARTS) is 1. The largest absolute Gasteiger partial charge is 0.480 e. The Hall–Kier alpha value is -1.56. The quantitative estimate of drug-likeness (QED) is 0.804. The van der Waals surface area contributed by atoms with Gasteiger partial charge in [-0.2, -0.15) is 0 Å². The Kier molecular flexibility index (Phi) is 5.00. The average molecular weight is 381 g/mol. The first-order chi connectivity index (χ1) is 9.54. The molecule has 0 bridgehead atoms. The van der Waals surface area contributed by atoms with Gasteiger partial charge in [0.1, 0.15) is 6.54 Å². The molecule has 0 heterocycles. The molecule has 0 unspecified atom stereocenters. The van der Waals surface area contributed by atoms with Crippen LogP contribution in [0.4, 0.5) is 5.69 Å². The van der Waals surface area contributed by atoms with Gasteiger partial charge in [-0.1, -0.05) is 29.8 Å². The highest BCUT2D eigenvalue weighted by atomic mass is 127. The molecule has 3 nitrogen and oxygen atoms in total. The second-order valence-electron chi connectivity index (χ2n) is 4.71. The first-order valence-corrected chi connectivity index (χ1v) is 7.40. The summed E-state index contributed by atoms with van der Waals surface area (Å²) in [4.78, 5) is 12.9. The van der Waals surface area contributed by atoms with Gasteiger partial charge < -0.3 is 10.0 Å². The van der Waals surface area contributed by atoms with Crippen molar-refractivity contribution in [3.8, 4) is 0 Å². The van der Waals surface area contributed by atoms with Crippen LogP contribution in [0.5, 0.6) is 0 Å². The zero-order valence-corrected chi connectivity index (χ0v) is 13.4. The number of hydrogen-bond acceptors (Lipinski definition) is 2. The van der Waals surface area contributed by atoms with Gasteiger partial charge in [0, 0.05) is 15.8 Å². The molecule has 0 amide bonds.